The van der Waals surface area contributed by atoms with Gasteiger partial charge in [-0.15, -0.1) is 0 Å². The molecule has 0 bridgehead atoms. The van der Waals surface area contributed by atoms with Crippen LogP contribution >= 0.6 is 0 Å². The highest BCUT2D eigenvalue weighted by Gasteiger charge is 2.46. The summed E-state index contributed by atoms with van der Waals surface area (Å²) < 4.78 is 11.5. The van der Waals surface area contributed by atoms with Crippen LogP contribution in [0.2, 0.25) is 0 Å². The Morgan fingerprint density at radius 1 is 1.06 bits per heavy atom. The Morgan fingerprint density at radius 3 is 2.52 bits per heavy atom. The molecule has 1 aromatic carbocycles. The smallest absolute Gasteiger partial charge is 0.254 e. The fourth-order valence-electron chi connectivity index (χ4n) is 4.41. The molecular weight excluding hydrogens is 390 g/mol. The van der Waals surface area contributed by atoms with E-state index in [1.54, 1.807) is 18.3 Å². The molecule has 6 heteroatoms. The summed E-state index contributed by atoms with van der Waals surface area (Å²) in [6.07, 6.45) is 8.61. The summed E-state index contributed by atoms with van der Waals surface area (Å²) in [5, 5.41) is 6.63. The zero-order valence-electron chi connectivity index (χ0n) is 18.6. The van der Waals surface area contributed by atoms with Crippen LogP contribution in [0.1, 0.15) is 63.6 Å². The molecule has 164 valence electrons. The third-order valence-electron chi connectivity index (χ3n) is 6.25. The highest BCUT2D eigenvalue weighted by atomic mass is 16.5. The van der Waals surface area contributed by atoms with Crippen molar-refractivity contribution in [1.29, 1.82) is 0 Å². The van der Waals surface area contributed by atoms with Gasteiger partial charge in [0.15, 0.2) is 11.5 Å². The van der Waals surface area contributed by atoms with Crippen molar-refractivity contribution in [2.75, 3.05) is 7.11 Å². The zero-order chi connectivity index (χ0) is 21.8. The number of hydrazone groups is 1. The van der Waals surface area contributed by atoms with Gasteiger partial charge in [-0.2, -0.15) is 5.10 Å². The van der Waals surface area contributed by atoms with Crippen molar-refractivity contribution in [2.45, 2.75) is 65.0 Å². The number of pyridine rings is 1. The molecule has 0 spiro atoms. The van der Waals surface area contributed by atoms with Crippen molar-refractivity contribution in [3.63, 3.8) is 0 Å². The maximum absolute atomic E-state index is 13.3. The number of benzene rings is 1. The quantitative estimate of drug-likeness (QED) is 0.618. The molecule has 0 atom stereocenters. The maximum Gasteiger partial charge on any atom is 0.254 e. The fraction of sp³-hybridized carbons (Fsp3) is 0.480. The second kappa shape index (κ2) is 9.08. The standard InChI is InChI=1S/C25H31N3O3/c1-25(2)23(27-28(24(25)29)20-11-6-4-5-7-12-20)18-13-14-21(30-3)22(16-18)31-17-19-10-8-9-15-26-19/h8-10,13-16,20H,4-7,11-12,17H2,1-3H3. The van der Waals surface area contributed by atoms with Gasteiger partial charge in [-0.05, 0) is 57.0 Å². The largest absolute Gasteiger partial charge is 0.493 e. The van der Waals surface area contributed by atoms with Crippen LogP contribution in [0.3, 0.4) is 0 Å². The first-order chi connectivity index (χ1) is 15.0. The van der Waals surface area contributed by atoms with E-state index in [9.17, 15) is 4.79 Å². The van der Waals surface area contributed by atoms with Crippen molar-refractivity contribution in [2.24, 2.45) is 10.5 Å². The predicted octanol–water partition coefficient (Wildman–Crippen LogP) is 4.96. The number of ether oxygens (including phenoxy) is 2. The molecule has 0 unspecified atom stereocenters. The Labute approximate surface area is 184 Å². The summed E-state index contributed by atoms with van der Waals surface area (Å²) >= 11 is 0. The minimum absolute atomic E-state index is 0.0844. The molecule has 4 rings (SSSR count). The number of hydrogen-bond donors (Lipinski definition) is 0. The summed E-state index contributed by atoms with van der Waals surface area (Å²) in [7, 11) is 1.62. The lowest BCUT2D eigenvalue weighted by Gasteiger charge is -2.26. The van der Waals surface area contributed by atoms with Gasteiger partial charge in [0, 0.05) is 11.8 Å². The topological polar surface area (TPSA) is 64.0 Å². The summed E-state index contributed by atoms with van der Waals surface area (Å²) in [5.74, 6) is 1.34. The normalized spacial score (nSPS) is 19.1. The van der Waals surface area contributed by atoms with Gasteiger partial charge in [-0.3, -0.25) is 9.78 Å². The van der Waals surface area contributed by atoms with Crippen LogP contribution in [0.5, 0.6) is 11.5 Å². The molecule has 1 aromatic heterocycles. The summed E-state index contributed by atoms with van der Waals surface area (Å²) in [6.45, 7) is 4.26. The van der Waals surface area contributed by atoms with Crippen LogP contribution in [0.15, 0.2) is 47.7 Å². The van der Waals surface area contributed by atoms with Gasteiger partial charge in [-0.25, -0.2) is 5.01 Å². The maximum atomic E-state index is 13.3. The number of aromatic nitrogens is 1. The van der Waals surface area contributed by atoms with Crippen molar-refractivity contribution in [1.82, 2.24) is 9.99 Å². The Kier molecular flexibility index (Phi) is 6.25. The number of amides is 1. The summed E-state index contributed by atoms with van der Waals surface area (Å²) in [4.78, 5) is 17.6. The molecule has 0 radical (unpaired) electrons. The van der Waals surface area contributed by atoms with E-state index < -0.39 is 5.41 Å². The molecule has 0 N–H and O–H groups in total. The first-order valence-electron chi connectivity index (χ1n) is 11.1. The van der Waals surface area contributed by atoms with Crippen molar-refractivity contribution in [3.05, 3.63) is 53.9 Å². The van der Waals surface area contributed by atoms with E-state index in [2.05, 4.69) is 4.98 Å². The highest BCUT2D eigenvalue weighted by Crippen LogP contribution is 2.38. The van der Waals surface area contributed by atoms with E-state index in [1.165, 1.54) is 12.8 Å². The fourth-order valence-corrected chi connectivity index (χ4v) is 4.41. The molecule has 1 saturated carbocycles. The molecule has 0 saturated heterocycles. The van der Waals surface area contributed by atoms with Crippen molar-refractivity contribution in [3.8, 4) is 11.5 Å². The second-order valence-corrected chi connectivity index (χ2v) is 8.84. The lowest BCUT2D eigenvalue weighted by Crippen LogP contribution is -2.39. The van der Waals surface area contributed by atoms with Gasteiger partial charge in [-0.1, -0.05) is 31.7 Å². The molecule has 2 aromatic rings. The lowest BCUT2D eigenvalue weighted by molar-refractivity contribution is -0.137. The van der Waals surface area contributed by atoms with E-state index in [1.807, 2.05) is 50.2 Å². The number of carbonyl (C=O) groups excluding carboxylic acids is 1. The molecule has 1 aliphatic carbocycles. The van der Waals surface area contributed by atoms with Crippen LogP contribution in [0.4, 0.5) is 0 Å². The first-order valence-corrected chi connectivity index (χ1v) is 11.1. The third-order valence-corrected chi connectivity index (χ3v) is 6.25. The van der Waals surface area contributed by atoms with E-state index in [0.29, 0.717) is 18.1 Å². The second-order valence-electron chi connectivity index (χ2n) is 8.84. The molecule has 31 heavy (non-hydrogen) atoms. The van der Waals surface area contributed by atoms with Crippen molar-refractivity contribution < 1.29 is 14.3 Å². The number of methoxy groups -OCH3 is 1. The molecule has 1 aliphatic heterocycles. The predicted molar refractivity (Wildman–Crippen MR) is 120 cm³/mol. The zero-order valence-corrected chi connectivity index (χ0v) is 18.6. The molecule has 1 amide bonds. The van der Waals surface area contributed by atoms with Crippen LogP contribution in [0.25, 0.3) is 0 Å². The Hall–Kier alpha value is -2.89. The summed E-state index contributed by atoms with van der Waals surface area (Å²) in [6, 6.07) is 11.7. The third kappa shape index (κ3) is 4.43. The van der Waals surface area contributed by atoms with Crippen LogP contribution < -0.4 is 9.47 Å². The summed E-state index contributed by atoms with van der Waals surface area (Å²) in [5.41, 5.74) is 1.82. The number of nitrogens with zero attached hydrogens (tertiary/aromatic N) is 3. The minimum Gasteiger partial charge on any atom is -0.493 e. The van der Waals surface area contributed by atoms with Crippen LogP contribution in [-0.2, 0) is 11.4 Å². The lowest BCUT2D eigenvalue weighted by atomic mass is 9.83. The highest BCUT2D eigenvalue weighted by molar-refractivity contribution is 6.19. The number of carbonyl (C=O) groups is 1. The van der Waals surface area contributed by atoms with E-state index in [-0.39, 0.29) is 11.9 Å². The van der Waals surface area contributed by atoms with Gasteiger partial charge in [0.05, 0.1) is 30.0 Å². The molecule has 1 fully saturated rings. The average Bonchev–Trinajstić information content (AvgIpc) is 2.97. The van der Waals surface area contributed by atoms with E-state index >= 15 is 0 Å². The molecular formula is C25H31N3O3. The van der Waals surface area contributed by atoms with Gasteiger partial charge in [0.1, 0.15) is 6.61 Å². The monoisotopic (exact) mass is 421 g/mol. The van der Waals surface area contributed by atoms with Gasteiger partial charge in [0.25, 0.3) is 5.91 Å². The van der Waals surface area contributed by atoms with E-state index in [0.717, 1.165) is 42.7 Å². The number of rotatable bonds is 6. The molecule has 2 heterocycles. The van der Waals surface area contributed by atoms with Crippen molar-refractivity contribution >= 4 is 11.6 Å². The minimum atomic E-state index is -0.681. The number of hydrogen-bond acceptors (Lipinski definition) is 5. The Balaban J connectivity index is 1.62. The van der Waals surface area contributed by atoms with Gasteiger partial charge >= 0.3 is 0 Å². The Bertz CT molecular complexity index is 948. The van der Waals surface area contributed by atoms with E-state index in [4.69, 9.17) is 14.6 Å². The average molecular weight is 422 g/mol. The van der Waals surface area contributed by atoms with Crippen LogP contribution in [-0.4, -0.2) is 34.8 Å². The van der Waals surface area contributed by atoms with Gasteiger partial charge < -0.3 is 9.47 Å². The van der Waals surface area contributed by atoms with Crippen LogP contribution in [0, 0.1) is 5.41 Å². The van der Waals surface area contributed by atoms with Gasteiger partial charge in [0.2, 0.25) is 0 Å². The molecule has 6 nitrogen and oxygen atoms in total. The molecule has 2 aliphatic rings. The Morgan fingerprint density at radius 2 is 1.84 bits per heavy atom. The SMILES string of the molecule is COc1ccc(C2=NN(C3CCCCCC3)C(=O)C2(C)C)cc1OCc1ccccn1. The first kappa shape index (κ1) is 21.3.